The number of hydrogen-bond donors (Lipinski definition) is 2. The molecule has 1 aliphatic heterocycles. The van der Waals surface area contributed by atoms with Crippen molar-refractivity contribution in [1.29, 1.82) is 5.26 Å². The maximum atomic E-state index is 14.8. The highest BCUT2D eigenvalue weighted by atomic mass is 19.4. The summed E-state index contributed by atoms with van der Waals surface area (Å²) in [6, 6.07) is 8.99. The Kier molecular flexibility index (Phi) is 6.25. The van der Waals surface area contributed by atoms with Crippen molar-refractivity contribution in [1.82, 2.24) is 15.5 Å². The summed E-state index contributed by atoms with van der Waals surface area (Å²) in [7, 11) is 0. The molecule has 2 aliphatic carbocycles. The number of alkyl halides is 3. The predicted molar refractivity (Wildman–Crippen MR) is 126 cm³/mol. The number of piperazine rings is 1. The third-order valence-electron chi connectivity index (χ3n) is 7.16. The van der Waals surface area contributed by atoms with E-state index in [2.05, 4.69) is 10.6 Å². The lowest BCUT2D eigenvalue weighted by molar-refractivity contribution is -0.159. The summed E-state index contributed by atoms with van der Waals surface area (Å²) >= 11 is 0. The predicted octanol–water partition coefficient (Wildman–Crippen LogP) is 3.45. The number of carbonyl (C=O) groups is 3. The van der Waals surface area contributed by atoms with Crippen LogP contribution < -0.4 is 15.5 Å². The third kappa shape index (κ3) is 4.76. The Morgan fingerprint density at radius 2 is 1.71 bits per heavy atom. The van der Waals surface area contributed by atoms with Crippen LogP contribution in [0.25, 0.3) is 0 Å². The van der Waals surface area contributed by atoms with Crippen molar-refractivity contribution >= 4 is 23.5 Å². The van der Waals surface area contributed by atoms with Crippen molar-refractivity contribution in [2.75, 3.05) is 11.4 Å². The van der Waals surface area contributed by atoms with Crippen LogP contribution >= 0.6 is 0 Å². The molecule has 198 valence electrons. The number of rotatable bonds is 5. The zero-order chi connectivity index (χ0) is 27.2. The number of benzene rings is 2. The number of nitrogens with zero attached hydrogens (tertiary/aromatic N) is 3. The van der Waals surface area contributed by atoms with Crippen LogP contribution in [-0.4, -0.2) is 46.9 Å². The molecule has 1 heterocycles. The molecule has 0 aromatic heterocycles. The van der Waals surface area contributed by atoms with E-state index in [1.807, 2.05) is 6.07 Å². The van der Waals surface area contributed by atoms with E-state index in [4.69, 9.17) is 5.26 Å². The second kappa shape index (κ2) is 9.31. The summed E-state index contributed by atoms with van der Waals surface area (Å²) in [5, 5.41) is 14.6. The largest absolute Gasteiger partial charge is 0.416 e. The molecule has 0 bridgehead atoms. The Labute approximate surface area is 215 Å². The van der Waals surface area contributed by atoms with Crippen molar-refractivity contribution in [3.05, 3.63) is 65.0 Å². The van der Waals surface area contributed by atoms with Crippen LogP contribution in [0.15, 0.2) is 42.5 Å². The van der Waals surface area contributed by atoms with Crippen LogP contribution in [-0.2, 0) is 22.3 Å². The number of urea groups is 1. The maximum absolute atomic E-state index is 14.8. The van der Waals surface area contributed by atoms with Crippen LogP contribution in [0.5, 0.6) is 0 Å². The first-order valence-corrected chi connectivity index (χ1v) is 12.1. The average molecular weight is 529 g/mol. The molecule has 2 aromatic rings. The fourth-order valence-electron chi connectivity index (χ4n) is 5.00. The molecule has 0 radical (unpaired) electrons. The van der Waals surface area contributed by atoms with Gasteiger partial charge in [-0.3, -0.25) is 14.5 Å². The van der Waals surface area contributed by atoms with Gasteiger partial charge in [0.2, 0.25) is 5.91 Å². The second-order valence-corrected chi connectivity index (χ2v) is 9.87. The Balaban J connectivity index is 1.41. The van der Waals surface area contributed by atoms with Gasteiger partial charge in [-0.2, -0.15) is 18.4 Å². The van der Waals surface area contributed by atoms with Crippen molar-refractivity contribution < 1.29 is 31.9 Å². The van der Waals surface area contributed by atoms with E-state index in [-0.39, 0.29) is 42.7 Å². The van der Waals surface area contributed by atoms with E-state index < -0.39 is 47.5 Å². The minimum absolute atomic E-state index is 0.0512. The van der Waals surface area contributed by atoms with Crippen molar-refractivity contribution in [3.63, 3.8) is 0 Å². The van der Waals surface area contributed by atoms with Crippen LogP contribution in [0.2, 0.25) is 0 Å². The number of amides is 4. The Bertz CT molecular complexity index is 1330. The first kappa shape index (κ1) is 25.5. The number of nitrogens with one attached hydrogen (secondary N) is 2. The van der Waals surface area contributed by atoms with Gasteiger partial charge in [-0.05, 0) is 48.7 Å². The summed E-state index contributed by atoms with van der Waals surface area (Å²) in [6.07, 6.45) is -2.62. The molecule has 0 atom stereocenters. The van der Waals surface area contributed by atoms with E-state index in [0.717, 1.165) is 35.9 Å². The molecule has 2 saturated carbocycles. The highest BCUT2D eigenvalue weighted by Gasteiger charge is 2.60. The van der Waals surface area contributed by atoms with Crippen LogP contribution in [0.4, 0.5) is 28.0 Å². The quantitative estimate of drug-likeness (QED) is 0.579. The van der Waals surface area contributed by atoms with E-state index in [9.17, 15) is 31.9 Å². The molecule has 5 rings (SSSR count). The molecule has 12 heteroatoms. The standard InChI is InChI=1S/C26H23F4N5O3/c27-20-9-16(12-31)3-8-21(20)34-14-22(36)35(13-15-1-4-17(5-2-15)26(28,29)30)25(23(34)37)10-19(11-25)33-24(38)32-18-6-7-18/h1-5,8-9,18-19H,6-7,10-11,13-14H2,(H2,32,33,38). The number of carbonyl (C=O) groups excluding carboxylic acids is 3. The van der Waals surface area contributed by atoms with Crippen molar-refractivity contribution in [2.24, 2.45) is 0 Å². The molecule has 1 spiro atoms. The smallest absolute Gasteiger partial charge is 0.335 e. The maximum Gasteiger partial charge on any atom is 0.416 e. The summed E-state index contributed by atoms with van der Waals surface area (Å²) in [6.45, 7) is -0.613. The summed E-state index contributed by atoms with van der Waals surface area (Å²) in [5.74, 6) is -1.92. The minimum Gasteiger partial charge on any atom is -0.335 e. The van der Waals surface area contributed by atoms with Crippen molar-refractivity contribution in [3.8, 4) is 6.07 Å². The fraction of sp³-hybridized carbons (Fsp3) is 0.385. The lowest BCUT2D eigenvalue weighted by atomic mass is 9.68. The van der Waals surface area contributed by atoms with Gasteiger partial charge >= 0.3 is 12.2 Å². The van der Waals surface area contributed by atoms with Crippen molar-refractivity contribution in [2.45, 2.75) is 56.0 Å². The first-order chi connectivity index (χ1) is 18.0. The molecule has 2 aromatic carbocycles. The number of hydrogen-bond acceptors (Lipinski definition) is 4. The third-order valence-corrected chi connectivity index (χ3v) is 7.16. The van der Waals surface area contributed by atoms with Crippen LogP contribution in [0, 0.1) is 17.1 Å². The molecule has 3 fully saturated rings. The monoisotopic (exact) mass is 529 g/mol. The molecule has 2 N–H and O–H groups in total. The van der Waals surface area contributed by atoms with Gasteiger partial charge in [0, 0.05) is 31.5 Å². The Morgan fingerprint density at radius 3 is 2.29 bits per heavy atom. The van der Waals surface area contributed by atoms with E-state index in [1.54, 1.807) is 0 Å². The average Bonchev–Trinajstić information content (AvgIpc) is 3.66. The summed E-state index contributed by atoms with van der Waals surface area (Å²) < 4.78 is 53.8. The number of nitriles is 1. The van der Waals surface area contributed by atoms with Gasteiger partial charge < -0.3 is 15.5 Å². The van der Waals surface area contributed by atoms with Gasteiger partial charge in [0.05, 0.1) is 22.9 Å². The lowest BCUT2D eigenvalue weighted by Gasteiger charge is -2.56. The van der Waals surface area contributed by atoms with E-state index >= 15 is 0 Å². The zero-order valence-corrected chi connectivity index (χ0v) is 20.0. The topological polar surface area (TPSA) is 106 Å². The number of halogens is 4. The van der Waals surface area contributed by atoms with Gasteiger partial charge in [0.25, 0.3) is 5.91 Å². The Hall–Kier alpha value is -4.14. The lowest BCUT2D eigenvalue weighted by Crippen LogP contribution is -2.75. The van der Waals surface area contributed by atoms with Gasteiger partial charge in [0.1, 0.15) is 17.9 Å². The molecule has 0 unspecified atom stereocenters. The zero-order valence-electron chi connectivity index (χ0n) is 20.0. The number of anilines is 1. The van der Waals surface area contributed by atoms with Gasteiger partial charge in [-0.15, -0.1) is 0 Å². The minimum atomic E-state index is -4.52. The SMILES string of the molecule is N#Cc1ccc(N2CC(=O)N(Cc3ccc(C(F)(F)F)cc3)C3(CC(NC(=O)NC4CC4)C3)C2=O)c(F)c1. The Morgan fingerprint density at radius 1 is 1.05 bits per heavy atom. The molecule has 1 saturated heterocycles. The molecular formula is C26H23F4N5O3. The van der Waals surface area contributed by atoms with Gasteiger partial charge in [-0.1, -0.05) is 12.1 Å². The van der Waals surface area contributed by atoms with Crippen LogP contribution in [0.1, 0.15) is 42.4 Å². The van der Waals surface area contributed by atoms with Gasteiger partial charge in [0.15, 0.2) is 0 Å². The van der Waals surface area contributed by atoms with Crippen LogP contribution in [0.3, 0.4) is 0 Å². The highest BCUT2D eigenvalue weighted by molar-refractivity contribution is 6.10. The molecule has 38 heavy (non-hydrogen) atoms. The van der Waals surface area contributed by atoms with E-state index in [0.29, 0.717) is 5.56 Å². The van der Waals surface area contributed by atoms with Gasteiger partial charge in [-0.25, -0.2) is 9.18 Å². The molecular weight excluding hydrogens is 506 g/mol. The van der Waals surface area contributed by atoms with E-state index in [1.165, 1.54) is 29.2 Å². The first-order valence-electron chi connectivity index (χ1n) is 12.1. The summed E-state index contributed by atoms with van der Waals surface area (Å²) in [5.41, 5.74) is -1.97. The molecule has 3 aliphatic rings. The normalized spacial score (nSPS) is 23.2. The molecule has 8 nitrogen and oxygen atoms in total. The fourth-order valence-corrected chi connectivity index (χ4v) is 5.00. The summed E-state index contributed by atoms with van der Waals surface area (Å²) in [4.78, 5) is 41.7. The molecule has 4 amide bonds. The second-order valence-electron chi connectivity index (χ2n) is 9.87. The highest BCUT2D eigenvalue weighted by Crippen LogP contribution is 2.44.